The number of fused-ring (bicyclic) bond motifs is 2. The Morgan fingerprint density at radius 3 is 2.45 bits per heavy atom. The first-order valence-electron chi connectivity index (χ1n) is 8.71. The summed E-state index contributed by atoms with van der Waals surface area (Å²) in [6.45, 7) is 3.01. The summed E-state index contributed by atoms with van der Waals surface area (Å²) in [4.78, 5) is 0. The van der Waals surface area contributed by atoms with Crippen molar-refractivity contribution in [3.8, 4) is 11.5 Å². The molecule has 118 valence electrons. The predicted molar refractivity (Wildman–Crippen MR) is 91.9 cm³/mol. The topological polar surface area (TPSA) is 29.5 Å². The second kappa shape index (κ2) is 7.04. The highest BCUT2D eigenvalue weighted by atomic mass is 16.5. The zero-order valence-corrected chi connectivity index (χ0v) is 13.5. The molecule has 0 saturated heterocycles. The minimum atomic E-state index is 0.476. The predicted octanol–water partition coefficient (Wildman–Crippen LogP) is 5.38. The monoisotopic (exact) mass is 298 g/mol. The average molecular weight is 298 g/mol. The summed E-state index contributed by atoms with van der Waals surface area (Å²) in [5, 5.41) is 12.6. The third kappa shape index (κ3) is 2.92. The van der Waals surface area contributed by atoms with Gasteiger partial charge in [-0.2, -0.15) is 0 Å². The van der Waals surface area contributed by atoms with Crippen LogP contribution in [0.3, 0.4) is 0 Å². The highest BCUT2D eigenvalue weighted by Gasteiger charge is 2.22. The van der Waals surface area contributed by atoms with Crippen LogP contribution < -0.4 is 4.74 Å². The normalized spacial score (nSPS) is 14.0. The number of hydrogen-bond acceptors (Lipinski definition) is 2. The fourth-order valence-corrected chi connectivity index (χ4v) is 3.50. The van der Waals surface area contributed by atoms with Gasteiger partial charge in [0.15, 0.2) is 0 Å². The molecule has 0 fully saturated rings. The van der Waals surface area contributed by atoms with E-state index in [0.717, 1.165) is 54.4 Å². The zero-order chi connectivity index (χ0) is 15.4. The third-order valence-corrected chi connectivity index (χ3v) is 4.70. The van der Waals surface area contributed by atoms with Crippen molar-refractivity contribution < 1.29 is 9.84 Å². The number of ether oxygens (including phenoxy) is 1. The first-order valence-corrected chi connectivity index (χ1v) is 8.71. The molecule has 22 heavy (non-hydrogen) atoms. The highest BCUT2D eigenvalue weighted by Crippen LogP contribution is 2.43. The van der Waals surface area contributed by atoms with Gasteiger partial charge in [-0.1, -0.05) is 50.5 Å². The molecule has 1 aliphatic carbocycles. The highest BCUT2D eigenvalue weighted by molar-refractivity contribution is 5.95. The maximum atomic E-state index is 10.6. The van der Waals surface area contributed by atoms with E-state index in [4.69, 9.17) is 4.74 Å². The van der Waals surface area contributed by atoms with Gasteiger partial charge >= 0.3 is 0 Å². The molecule has 0 aromatic heterocycles. The van der Waals surface area contributed by atoms with Gasteiger partial charge in [0.1, 0.15) is 11.5 Å². The Kier molecular flexibility index (Phi) is 4.87. The maximum absolute atomic E-state index is 10.6. The van der Waals surface area contributed by atoms with Crippen molar-refractivity contribution in [2.24, 2.45) is 0 Å². The zero-order valence-electron chi connectivity index (χ0n) is 13.5. The van der Waals surface area contributed by atoms with Crippen molar-refractivity contribution in [3.05, 3.63) is 35.4 Å². The number of phenols is 1. The Hall–Kier alpha value is -1.70. The van der Waals surface area contributed by atoms with Crippen LogP contribution in [0.4, 0.5) is 0 Å². The first kappa shape index (κ1) is 15.2. The summed E-state index contributed by atoms with van der Waals surface area (Å²) in [5.74, 6) is 1.50. The minimum Gasteiger partial charge on any atom is -0.507 e. The van der Waals surface area contributed by atoms with Crippen LogP contribution in [-0.2, 0) is 12.8 Å². The molecule has 2 aromatic carbocycles. The minimum absolute atomic E-state index is 0.476. The molecule has 0 bridgehead atoms. The maximum Gasteiger partial charge on any atom is 0.130 e. The average Bonchev–Trinajstić information content (AvgIpc) is 2.57. The molecule has 0 saturated carbocycles. The molecule has 0 atom stereocenters. The van der Waals surface area contributed by atoms with Gasteiger partial charge < -0.3 is 9.84 Å². The SMILES string of the molecule is CCCCCCOc1c2c(c(O)c3ccccc13)CCCC2. The van der Waals surface area contributed by atoms with Gasteiger partial charge in [0.2, 0.25) is 0 Å². The van der Waals surface area contributed by atoms with E-state index in [0.29, 0.717) is 5.75 Å². The molecular formula is C20H26O2. The summed E-state index contributed by atoms with van der Waals surface area (Å²) in [6, 6.07) is 8.10. The van der Waals surface area contributed by atoms with Crippen molar-refractivity contribution in [1.29, 1.82) is 0 Å². The van der Waals surface area contributed by atoms with Crippen LogP contribution in [0, 0.1) is 0 Å². The molecule has 0 heterocycles. The largest absolute Gasteiger partial charge is 0.507 e. The molecule has 2 nitrogen and oxygen atoms in total. The fraction of sp³-hybridized carbons (Fsp3) is 0.500. The number of unbranched alkanes of at least 4 members (excludes halogenated alkanes) is 3. The fourth-order valence-electron chi connectivity index (χ4n) is 3.50. The first-order chi connectivity index (χ1) is 10.8. The van der Waals surface area contributed by atoms with E-state index >= 15 is 0 Å². The van der Waals surface area contributed by atoms with Gasteiger partial charge in [-0.25, -0.2) is 0 Å². The molecule has 1 N–H and O–H groups in total. The molecule has 0 unspecified atom stereocenters. The lowest BCUT2D eigenvalue weighted by Crippen LogP contribution is -2.08. The number of aromatic hydroxyl groups is 1. The van der Waals surface area contributed by atoms with Gasteiger partial charge in [-0.05, 0) is 32.1 Å². The second-order valence-electron chi connectivity index (χ2n) is 6.30. The quantitative estimate of drug-likeness (QED) is 0.725. The number of phenolic OH excluding ortho intramolecular Hbond substituents is 1. The lowest BCUT2D eigenvalue weighted by atomic mass is 9.87. The van der Waals surface area contributed by atoms with Crippen LogP contribution in [0.25, 0.3) is 10.8 Å². The standard InChI is InChI=1S/C20H26O2/c1-2-3-4-9-14-22-20-17-12-7-5-10-15(17)19(21)16-11-6-8-13-18(16)20/h5,7,10,12,21H,2-4,6,8-9,11,13-14H2,1H3. The van der Waals surface area contributed by atoms with Crippen LogP contribution in [0.1, 0.15) is 56.6 Å². The van der Waals surface area contributed by atoms with Crippen molar-refractivity contribution in [1.82, 2.24) is 0 Å². The molecule has 2 aromatic rings. The second-order valence-corrected chi connectivity index (χ2v) is 6.30. The number of rotatable bonds is 6. The molecular weight excluding hydrogens is 272 g/mol. The van der Waals surface area contributed by atoms with Crippen molar-refractivity contribution in [2.45, 2.75) is 58.3 Å². The van der Waals surface area contributed by atoms with Gasteiger partial charge in [0.25, 0.3) is 0 Å². The van der Waals surface area contributed by atoms with Crippen LogP contribution in [-0.4, -0.2) is 11.7 Å². The van der Waals surface area contributed by atoms with Crippen LogP contribution in [0.15, 0.2) is 24.3 Å². The van der Waals surface area contributed by atoms with E-state index in [1.165, 1.54) is 31.2 Å². The number of hydrogen-bond donors (Lipinski definition) is 1. The molecule has 0 amide bonds. The van der Waals surface area contributed by atoms with Gasteiger partial charge in [0.05, 0.1) is 6.61 Å². The van der Waals surface area contributed by atoms with Crippen molar-refractivity contribution in [2.75, 3.05) is 6.61 Å². The molecule has 0 radical (unpaired) electrons. The Bertz CT molecular complexity index is 646. The Morgan fingerprint density at radius 2 is 1.68 bits per heavy atom. The van der Waals surface area contributed by atoms with E-state index < -0.39 is 0 Å². The van der Waals surface area contributed by atoms with Gasteiger partial charge in [-0.15, -0.1) is 0 Å². The summed E-state index contributed by atoms with van der Waals surface area (Å²) in [7, 11) is 0. The van der Waals surface area contributed by atoms with E-state index in [9.17, 15) is 5.11 Å². The molecule has 0 spiro atoms. The lowest BCUT2D eigenvalue weighted by Gasteiger charge is -2.23. The van der Waals surface area contributed by atoms with E-state index in [-0.39, 0.29) is 0 Å². The van der Waals surface area contributed by atoms with E-state index in [1.54, 1.807) is 0 Å². The Morgan fingerprint density at radius 1 is 0.955 bits per heavy atom. The van der Waals surface area contributed by atoms with Crippen LogP contribution >= 0.6 is 0 Å². The van der Waals surface area contributed by atoms with Gasteiger partial charge in [0, 0.05) is 21.9 Å². The van der Waals surface area contributed by atoms with Crippen molar-refractivity contribution in [3.63, 3.8) is 0 Å². The summed E-state index contributed by atoms with van der Waals surface area (Å²) in [5.41, 5.74) is 2.37. The van der Waals surface area contributed by atoms with Crippen LogP contribution in [0.5, 0.6) is 11.5 Å². The summed E-state index contributed by atoms with van der Waals surface area (Å²) in [6.07, 6.45) is 9.21. The molecule has 1 aliphatic rings. The molecule has 3 rings (SSSR count). The third-order valence-electron chi connectivity index (χ3n) is 4.70. The van der Waals surface area contributed by atoms with Crippen molar-refractivity contribution >= 4 is 10.8 Å². The Labute approximate surface area is 133 Å². The molecule has 2 heteroatoms. The molecule has 0 aliphatic heterocycles. The summed E-state index contributed by atoms with van der Waals surface area (Å²) < 4.78 is 6.21. The van der Waals surface area contributed by atoms with Gasteiger partial charge in [-0.3, -0.25) is 0 Å². The number of benzene rings is 2. The smallest absolute Gasteiger partial charge is 0.130 e. The Balaban J connectivity index is 1.94. The van der Waals surface area contributed by atoms with E-state index in [2.05, 4.69) is 13.0 Å². The lowest BCUT2D eigenvalue weighted by molar-refractivity contribution is 0.303. The summed E-state index contributed by atoms with van der Waals surface area (Å²) >= 11 is 0. The van der Waals surface area contributed by atoms with E-state index in [1.807, 2.05) is 18.2 Å². The van der Waals surface area contributed by atoms with Crippen LogP contribution in [0.2, 0.25) is 0 Å².